The molecule has 2 aromatic heterocycles. The largest absolute Gasteiger partial charge is 0.505 e. The minimum Gasteiger partial charge on any atom is -0.505 e. The molecule has 4 N–H and O–H groups in total. The minimum absolute atomic E-state index is 0.0871. The van der Waals surface area contributed by atoms with Crippen LogP contribution in [0.1, 0.15) is 54.6 Å². The van der Waals surface area contributed by atoms with Crippen LogP contribution in [0, 0.1) is 12.8 Å². The normalized spacial score (nSPS) is 16.9. The summed E-state index contributed by atoms with van der Waals surface area (Å²) >= 11 is 1.04. The summed E-state index contributed by atoms with van der Waals surface area (Å²) in [5.41, 5.74) is 0.537. The second kappa shape index (κ2) is 9.80. The van der Waals surface area contributed by atoms with Crippen LogP contribution in [0.25, 0.3) is 0 Å². The van der Waals surface area contributed by atoms with Crippen LogP contribution >= 0.6 is 11.7 Å². The molecule has 0 saturated carbocycles. The average Bonchev–Trinajstić information content (AvgIpc) is 3.54. The first-order valence-electron chi connectivity index (χ1n) is 11.0. The van der Waals surface area contributed by atoms with Crippen molar-refractivity contribution in [3.05, 3.63) is 47.4 Å². The summed E-state index contributed by atoms with van der Waals surface area (Å²) in [7, 11) is 0. The molecule has 176 valence electrons. The fourth-order valence-electron chi connectivity index (χ4n) is 4.09. The van der Waals surface area contributed by atoms with E-state index in [9.17, 15) is 15.0 Å². The third-order valence-electron chi connectivity index (χ3n) is 5.88. The van der Waals surface area contributed by atoms with E-state index in [2.05, 4.69) is 33.2 Å². The number of rotatable bonds is 8. The highest BCUT2D eigenvalue weighted by atomic mass is 32.1. The zero-order valence-corrected chi connectivity index (χ0v) is 19.7. The number of benzene rings is 1. The number of aromatic hydroxyl groups is 1. The van der Waals surface area contributed by atoms with Crippen LogP contribution in [-0.2, 0) is 0 Å². The van der Waals surface area contributed by atoms with Crippen LogP contribution < -0.4 is 10.6 Å². The Morgan fingerprint density at radius 3 is 2.76 bits per heavy atom. The summed E-state index contributed by atoms with van der Waals surface area (Å²) in [5.74, 6) is 2.38. The number of aromatic nitrogens is 2. The van der Waals surface area contributed by atoms with Crippen molar-refractivity contribution in [3.8, 4) is 5.75 Å². The Balaban J connectivity index is 1.56. The van der Waals surface area contributed by atoms with Crippen molar-refractivity contribution < 1.29 is 19.4 Å². The summed E-state index contributed by atoms with van der Waals surface area (Å²) in [6, 6.07) is 8.50. The van der Waals surface area contributed by atoms with E-state index in [0.717, 1.165) is 36.1 Å². The van der Waals surface area contributed by atoms with Crippen LogP contribution in [0.2, 0.25) is 0 Å². The lowest BCUT2D eigenvalue weighted by molar-refractivity contribution is 0.0674. The van der Waals surface area contributed by atoms with E-state index in [4.69, 9.17) is 4.42 Å². The number of aliphatic hydroxyl groups excluding tert-OH is 1. The highest BCUT2D eigenvalue weighted by Gasteiger charge is 2.31. The molecule has 3 heterocycles. The van der Waals surface area contributed by atoms with Gasteiger partial charge in [-0.2, -0.15) is 8.75 Å². The van der Waals surface area contributed by atoms with Crippen LogP contribution in [-0.4, -0.2) is 49.0 Å². The van der Waals surface area contributed by atoms with E-state index in [1.54, 1.807) is 23.1 Å². The zero-order chi connectivity index (χ0) is 23.5. The number of nitrogens with one attached hydrogen (secondary N) is 2. The van der Waals surface area contributed by atoms with Gasteiger partial charge in [-0.15, -0.1) is 0 Å². The van der Waals surface area contributed by atoms with E-state index in [-0.39, 0.29) is 41.8 Å². The first-order chi connectivity index (χ1) is 15.9. The average molecular weight is 472 g/mol. The standard InChI is InChI=1S/C23H29N5O4S/c1-13(2)19(18-10-9-14(3)32-18)25-22-21(26-33-27-22)24-17-8-4-7-16(20(17)30)23(31)28-11-5-6-15(28)12-29/h4,7-10,13,15,19,29-30H,5-6,11-12H2,1-3H3,(H,24,26)(H,25,27). The maximum Gasteiger partial charge on any atom is 0.258 e. The number of carbonyl (C=O) groups excluding carboxylic acids is 1. The molecule has 0 spiro atoms. The Morgan fingerprint density at radius 2 is 2.06 bits per heavy atom. The molecule has 4 rings (SSSR count). The van der Waals surface area contributed by atoms with Gasteiger partial charge in [-0.05, 0) is 49.9 Å². The summed E-state index contributed by atoms with van der Waals surface area (Å²) < 4.78 is 14.5. The van der Waals surface area contributed by atoms with E-state index in [1.165, 1.54) is 0 Å². The van der Waals surface area contributed by atoms with Crippen LogP contribution in [0.15, 0.2) is 34.7 Å². The number of nitrogens with zero attached hydrogens (tertiary/aromatic N) is 3. The molecule has 0 aliphatic carbocycles. The molecule has 9 nitrogen and oxygen atoms in total. The smallest absolute Gasteiger partial charge is 0.258 e. The van der Waals surface area contributed by atoms with Crippen LogP contribution in [0.4, 0.5) is 17.3 Å². The van der Waals surface area contributed by atoms with E-state index >= 15 is 0 Å². The number of carbonyl (C=O) groups is 1. The minimum atomic E-state index is -0.296. The molecule has 1 amide bonds. The van der Waals surface area contributed by atoms with E-state index in [1.807, 2.05) is 19.1 Å². The summed E-state index contributed by atoms with van der Waals surface area (Å²) in [5, 5.41) is 26.9. The molecular formula is C23H29N5O4S. The van der Waals surface area contributed by atoms with E-state index in [0.29, 0.717) is 23.9 Å². The SMILES string of the molecule is Cc1ccc(C(Nc2nsnc2Nc2cccc(C(=O)N3CCCC3CO)c2O)C(C)C)o1. The Morgan fingerprint density at radius 1 is 1.27 bits per heavy atom. The van der Waals surface area contributed by atoms with Crippen molar-refractivity contribution in [1.82, 2.24) is 13.6 Å². The third-order valence-corrected chi connectivity index (χ3v) is 6.41. The lowest BCUT2D eigenvalue weighted by atomic mass is 10.0. The molecule has 3 aromatic rings. The van der Waals surface area contributed by atoms with Gasteiger partial charge in [-0.25, -0.2) is 0 Å². The van der Waals surface area contributed by atoms with Crippen LogP contribution in [0.3, 0.4) is 0 Å². The number of hydrogen-bond acceptors (Lipinski definition) is 9. The number of para-hydroxylation sites is 1. The first-order valence-corrected chi connectivity index (χ1v) is 11.8. The number of anilines is 3. The van der Waals surface area contributed by atoms with Gasteiger partial charge < -0.3 is 30.2 Å². The number of likely N-dealkylation sites (tertiary alicyclic amines) is 1. The lowest BCUT2D eigenvalue weighted by Crippen LogP contribution is -2.37. The number of aryl methyl sites for hydroxylation is 1. The highest BCUT2D eigenvalue weighted by molar-refractivity contribution is 6.99. The van der Waals surface area contributed by atoms with Gasteiger partial charge in [-0.1, -0.05) is 19.9 Å². The predicted octanol–water partition coefficient (Wildman–Crippen LogP) is 4.29. The highest BCUT2D eigenvalue weighted by Crippen LogP contribution is 2.36. The van der Waals surface area contributed by atoms with Crippen LogP contribution in [0.5, 0.6) is 5.75 Å². The van der Waals surface area contributed by atoms with E-state index < -0.39 is 0 Å². The third kappa shape index (κ3) is 4.81. The topological polar surface area (TPSA) is 124 Å². The van der Waals surface area contributed by atoms with Gasteiger partial charge in [0, 0.05) is 6.54 Å². The van der Waals surface area contributed by atoms with Gasteiger partial charge in [0.15, 0.2) is 17.4 Å². The Kier molecular flexibility index (Phi) is 6.85. The molecule has 33 heavy (non-hydrogen) atoms. The second-order valence-corrected chi connectivity index (χ2v) is 9.11. The second-order valence-electron chi connectivity index (χ2n) is 8.58. The summed E-state index contributed by atoms with van der Waals surface area (Å²) in [6.07, 6.45) is 1.59. The molecule has 0 bridgehead atoms. The zero-order valence-electron chi connectivity index (χ0n) is 18.9. The van der Waals surface area contributed by atoms with Gasteiger partial charge in [0.2, 0.25) is 0 Å². The summed E-state index contributed by atoms with van der Waals surface area (Å²) in [6.45, 7) is 6.55. The summed E-state index contributed by atoms with van der Waals surface area (Å²) in [4.78, 5) is 14.6. The van der Waals surface area contributed by atoms with Crippen molar-refractivity contribution >= 4 is 35.0 Å². The quantitative estimate of drug-likeness (QED) is 0.359. The van der Waals surface area contributed by atoms with Crippen molar-refractivity contribution in [1.29, 1.82) is 0 Å². The molecule has 1 aromatic carbocycles. The first kappa shape index (κ1) is 23.1. The fraction of sp³-hybridized carbons (Fsp3) is 0.435. The molecule has 2 atom stereocenters. The number of aliphatic hydroxyl groups is 1. The molecule has 1 aliphatic heterocycles. The lowest BCUT2D eigenvalue weighted by Gasteiger charge is -2.24. The number of hydrogen-bond donors (Lipinski definition) is 4. The molecule has 10 heteroatoms. The Bertz CT molecular complexity index is 1110. The number of amides is 1. The van der Waals surface area contributed by atoms with Gasteiger partial charge in [0.1, 0.15) is 11.5 Å². The number of furan rings is 1. The maximum atomic E-state index is 13.0. The van der Waals surface area contributed by atoms with Crippen molar-refractivity contribution in [2.75, 3.05) is 23.8 Å². The molecule has 1 fully saturated rings. The predicted molar refractivity (Wildman–Crippen MR) is 127 cm³/mol. The van der Waals surface area contributed by atoms with Crippen molar-refractivity contribution in [3.63, 3.8) is 0 Å². The maximum absolute atomic E-state index is 13.0. The Hall–Kier alpha value is -3.11. The number of phenolic OH excluding ortho intramolecular Hbond substituents is 1. The Labute approximate surface area is 196 Å². The van der Waals surface area contributed by atoms with Gasteiger partial charge in [-0.3, -0.25) is 4.79 Å². The number of phenols is 1. The van der Waals surface area contributed by atoms with Gasteiger partial charge in [0.05, 0.1) is 41.7 Å². The molecule has 0 radical (unpaired) electrons. The molecule has 1 aliphatic rings. The van der Waals surface area contributed by atoms with Gasteiger partial charge in [0.25, 0.3) is 5.91 Å². The fourth-order valence-corrected chi connectivity index (χ4v) is 4.57. The monoisotopic (exact) mass is 471 g/mol. The van der Waals surface area contributed by atoms with Crippen molar-refractivity contribution in [2.45, 2.75) is 45.7 Å². The molecule has 1 saturated heterocycles. The van der Waals surface area contributed by atoms with Crippen molar-refractivity contribution in [2.24, 2.45) is 5.92 Å². The molecular weight excluding hydrogens is 442 g/mol. The molecule has 2 unspecified atom stereocenters. The van der Waals surface area contributed by atoms with Gasteiger partial charge >= 0.3 is 0 Å².